The lowest BCUT2D eigenvalue weighted by molar-refractivity contribution is 0.0512. The van der Waals surface area contributed by atoms with E-state index in [1.807, 2.05) is 0 Å². The van der Waals surface area contributed by atoms with Crippen LogP contribution in [-0.4, -0.2) is 27.3 Å². The maximum absolute atomic E-state index is 13.0. The Labute approximate surface area is 111 Å². The molecule has 100 valence electrons. The number of rotatable bonds is 3. The fourth-order valence-electron chi connectivity index (χ4n) is 1.41. The summed E-state index contributed by atoms with van der Waals surface area (Å²) in [6.07, 6.45) is 0. The van der Waals surface area contributed by atoms with Crippen LogP contribution in [0.25, 0.3) is 5.69 Å². The Hall–Kier alpha value is -2.15. The summed E-state index contributed by atoms with van der Waals surface area (Å²) < 4.78 is 18.6. The maximum Gasteiger partial charge on any atom is 0.376 e. The SMILES string of the molecule is CCOC(=O)c1nn(-c2ccc(F)c(Cl)c2)c(=O)[nH]1. The van der Waals surface area contributed by atoms with Gasteiger partial charge in [0.1, 0.15) is 5.82 Å². The summed E-state index contributed by atoms with van der Waals surface area (Å²) in [5, 5.41) is 3.61. The normalized spacial score (nSPS) is 10.5. The lowest BCUT2D eigenvalue weighted by Crippen LogP contribution is -2.15. The molecule has 8 heteroatoms. The van der Waals surface area contributed by atoms with Crippen LogP contribution in [0, 0.1) is 5.82 Å². The number of nitrogens with zero attached hydrogens (tertiary/aromatic N) is 2. The first-order chi connectivity index (χ1) is 9.02. The van der Waals surface area contributed by atoms with Gasteiger partial charge in [0.05, 0.1) is 17.3 Å². The minimum absolute atomic E-state index is 0.148. The molecule has 0 spiro atoms. The highest BCUT2D eigenvalue weighted by molar-refractivity contribution is 6.30. The number of aromatic amines is 1. The third-order valence-corrected chi connectivity index (χ3v) is 2.52. The molecule has 0 saturated heterocycles. The topological polar surface area (TPSA) is 77.0 Å². The molecular formula is C11H9ClFN3O3. The second-order valence-corrected chi connectivity index (χ2v) is 3.92. The average Bonchev–Trinajstić information content (AvgIpc) is 2.75. The van der Waals surface area contributed by atoms with Gasteiger partial charge in [-0.25, -0.2) is 14.0 Å². The highest BCUT2D eigenvalue weighted by atomic mass is 35.5. The second kappa shape index (κ2) is 5.23. The van der Waals surface area contributed by atoms with E-state index in [0.717, 1.165) is 10.7 Å². The largest absolute Gasteiger partial charge is 0.460 e. The van der Waals surface area contributed by atoms with E-state index < -0.39 is 17.5 Å². The fourth-order valence-corrected chi connectivity index (χ4v) is 1.58. The Morgan fingerprint density at radius 3 is 2.95 bits per heavy atom. The number of carbonyl (C=O) groups excluding carboxylic acids is 1. The van der Waals surface area contributed by atoms with Crippen LogP contribution in [-0.2, 0) is 4.74 Å². The lowest BCUT2D eigenvalue weighted by atomic mass is 10.3. The van der Waals surface area contributed by atoms with Gasteiger partial charge in [0, 0.05) is 0 Å². The van der Waals surface area contributed by atoms with Gasteiger partial charge in [-0.05, 0) is 25.1 Å². The maximum atomic E-state index is 13.0. The molecular weight excluding hydrogens is 277 g/mol. The molecule has 0 aliphatic carbocycles. The molecule has 0 atom stereocenters. The molecule has 0 saturated carbocycles. The van der Waals surface area contributed by atoms with Crippen molar-refractivity contribution in [3.05, 3.63) is 45.3 Å². The van der Waals surface area contributed by atoms with Crippen molar-refractivity contribution in [3.8, 4) is 5.69 Å². The van der Waals surface area contributed by atoms with Gasteiger partial charge >= 0.3 is 11.7 Å². The quantitative estimate of drug-likeness (QED) is 0.868. The van der Waals surface area contributed by atoms with Crippen molar-refractivity contribution in [2.45, 2.75) is 6.92 Å². The molecule has 0 unspecified atom stereocenters. The molecule has 1 aromatic carbocycles. The summed E-state index contributed by atoms with van der Waals surface area (Å²) >= 11 is 5.62. The van der Waals surface area contributed by atoms with Gasteiger partial charge < -0.3 is 4.74 Å². The third kappa shape index (κ3) is 2.65. The zero-order valence-electron chi connectivity index (χ0n) is 9.81. The summed E-state index contributed by atoms with van der Waals surface area (Å²) in [5.74, 6) is -1.58. The van der Waals surface area contributed by atoms with Gasteiger partial charge in [-0.1, -0.05) is 11.6 Å². The highest BCUT2D eigenvalue weighted by Crippen LogP contribution is 2.17. The van der Waals surface area contributed by atoms with Crippen LogP contribution < -0.4 is 5.69 Å². The summed E-state index contributed by atoms with van der Waals surface area (Å²) in [4.78, 5) is 25.3. The first-order valence-corrected chi connectivity index (χ1v) is 5.72. The van der Waals surface area contributed by atoms with Crippen LogP contribution in [0.4, 0.5) is 4.39 Å². The number of hydrogen-bond donors (Lipinski definition) is 1. The van der Waals surface area contributed by atoms with Crippen LogP contribution in [0.5, 0.6) is 0 Å². The molecule has 0 bridgehead atoms. The standard InChI is InChI=1S/C11H9ClFN3O3/c1-2-19-10(17)9-14-11(18)16(15-9)6-3-4-8(13)7(12)5-6/h3-5H,2H2,1H3,(H,14,15,18). The summed E-state index contributed by atoms with van der Waals surface area (Å²) in [6.45, 7) is 1.79. The van der Waals surface area contributed by atoms with Crippen molar-refractivity contribution in [2.75, 3.05) is 6.61 Å². The number of carbonyl (C=O) groups is 1. The Balaban J connectivity index is 2.43. The second-order valence-electron chi connectivity index (χ2n) is 3.51. The van der Waals surface area contributed by atoms with Crippen LogP contribution >= 0.6 is 11.6 Å². The van der Waals surface area contributed by atoms with Crippen LogP contribution in [0.3, 0.4) is 0 Å². The molecule has 1 heterocycles. The Morgan fingerprint density at radius 2 is 2.32 bits per heavy atom. The molecule has 1 N–H and O–H groups in total. The van der Waals surface area contributed by atoms with E-state index in [2.05, 4.69) is 10.1 Å². The summed E-state index contributed by atoms with van der Waals surface area (Å²) in [6, 6.07) is 3.65. The third-order valence-electron chi connectivity index (χ3n) is 2.23. The average molecular weight is 286 g/mol. The molecule has 2 aromatic rings. The first-order valence-electron chi connectivity index (χ1n) is 5.34. The zero-order chi connectivity index (χ0) is 14.0. The van der Waals surface area contributed by atoms with E-state index in [4.69, 9.17) is 16.3 Å². The molecule has 0 aliphatic rings. The molecule has 6 nitrogen and oxygen atoms in total. The Bertz CT molecular complexity index is 680. The van der Waals surface area contributed by atoms with Gasteiger partial charge in [-0.15, -0.1) is 5.10 Å². The summed E-state index contributed by atoms with van der Waals surface area (Å²) in [7, 11) is 0. The predicted molar refractivity (Wildman–Crippen MR) is 65.1 cm³/mol. The lowest BCUT2D eigenvalue weighted by Gasteiger charge is -2.00. The van der Waals surface area contributed by atoms with Crippen LogP contribution in [0.1, 0.15) is 17.5 Å². The molecule has 0 radical (unpaired) electrons. The van der Waals surface area contributed by atoms with E-state index >= 15 is 0 Å². The number of esters is 1. The van der Waals surface area contributed by atoms with Gasteiger partial charge in [0.15, 0.2) is 0 Å². The minimum Gasteiger partial charge on any atom is -0.460 e. The molecule has 1 aromatic heterocycles. The smallest absolute Gasteiger partial charge is 0.376 e. The number of ether oxygens (including phenoxy) is 1. The van der Waals surface area contributed by atoms with Crippen LogP contribution in [0.2, 0.25) is 5.02 Å². The molecule has 2 rings (SSSR count). The van der Waals surface area contributed by atoms with Crippen molar-refractivity contribution in [1.29, 1.82) is 0 Å². The van der Waals surface area contributed by atoms with E-state index in [9.17, 15) is 14.0 Å². The fraction of sp³-hybridized carbons (Fsp3) is 0.182. The first kappa shape index (κ1) is 13.3. The van der Waals surface area contributed by atoms with Crippen molar-refractivity contribution in [2.24, 2.45) is 0 Å². The van der Waals surface area contributed by atoms with Crippen LogP contribution in [0.15, 0.2) is 23.0 Å². The zero-order valence-corrected chi connectivity index (χ0v) is 10.6. The van der Waals surface area contributed by atoms with E-state index in [-0.39, 0.29) is 23.1 Å². The van der Waals surface area contributed by atoms with Gasteiger partial charge in [0.2, 0.25) is 5.82 Å². The number of hydrogen-bond acceptors (Lipinski definition) is 4. The van der Waals surface area contributed by atoms with Crippen molar-refractivity contribution < 1.29 is 13.9 Å². The monoisotopic (exact) mass is 285 g/mol. The van der Waals surface area contributed by atoms with E-state index in [1.54, 1.807) is 6.92 Å². The Kier molecular flexibility index (Phi) is 3.66. The van der Waals surface area contributed by atoms with Crippen molar-refractivity contribution >= 4 is 17.6 Å². The summed E-state index contributed by atoms with van der Waals surface area (Å²) in [5.41, 5.74) is -0.408. The number of benzene rings is 1. The van der Waals surface area contributed by atoms with E-state index in [0.29, 0.717) is 0 Å². The van der Waals surface area contributed by atoms with Gasteiger partial charge in [0.25, 0.3) is 0 Å². The van der Waals surface area contributed by atoms with E-state index in [1.165, 1.54) is 12.1 Å². The van der Waals surface area contributed by atoms with Gasteiger partial charge in [-0.2, -0.15) is 4.68 Å². The van der Waals surface area contributed by atoms with Crippen molar-refractivity contribution in [3.63, 3.8) is 0 Å². The van der Waals surface area contributed by atoms with Gasteiger partial charge in [-0.3, -0.25) is 4.98 Å². The number of halogens is 2. The predicted octanol–water partition coefficient (Wildman–Crippen LogP) is 1.53. The van der Waals surface area contributed by atoms with Crippen molar-refractivity contribution in [1.82, 2.24) is 14.8 Å². The number of H-pyrrole nitrogens is 1. The molecule has 0 fully saturated rings. The molecule has 19 heavy (non-hydrogen) atoms. The molecule has 0 amide bonds. The minimum atomic E-state index is -0.744. The number of aromatic nitrogens is 3. The molecule has 0 aliphatic heterocycles. The Morgan fingerprint density at radius 1 is 1.58 bits per heavy atom. The number of nitrogens with one attached hydrogen (secondary N) is 1. The highest BCUT2D eigenvalue weighted by Gasteiger charge is 2.15.